The van der Waals surface area contributed by atoms with Gasteiger partial charge < -0.3 is 9.88 Å². The molecule has 0 fully saturated rings. The summed E-state index contributed by atoms with van der Waals surface area (Å²) in [6.07, 6.45) is 2.77. The summed E-state index contributed by atoms with van der Waals surface area (Å²) in [4.78, 5) is 4.50. The molecule has 17 heavy (non-hydrogen) atoms. The maximum absolute atomic E-state index is 4.50. The number of hydrogen-bond acceptors (Lipinski definition) is 5. The molecule has 6 heteroatoms. The normalized spacial score (nSPS) is 10.5. The van der Waals surface area contributed by atoms with Crippen LogP contribution in [-0.4, -0.2) is 26.3 Å². The van der Waals surface area contributed by atoms with Gasteiger partial charge in [-0.05, 0) is 30.3 Å². The Morgan fingerprint density at radius 1 is 1.41 bits per heavy atom. The van der Waals surface area contributed by atoms with E-state index in [0.29, 0.717) is 0 Å². The van der Waals surface area contributed by atoms with Crippen molar-refractivity contribution in [2.45, 2.75) is 23.5 Å². The summed E-state index contributed by atoms with van der Waals surface area (Å²) in [5.74, 6) is 0.902. The number of aromatic nitrogens is 4. The van der Waals surface area contributed by atoms with E-state index in [9.17, 15) is 0 Å². The third kappa shape index (κ3) is 3.20. The zero-order valence-corrected chi connectivity index (χ0v) is 10.7. The van der Waals surface area contributed by atoms with E-state index < -0.39 is 0 Å². The van der Waals surface area contributed by atoms with Crippen LogP contribution in [0.5, 0.6) is 0 Å². The van der Waals surface area contributed by atoms with Crippen molar-refractivity contribution >= 4 is 17.6 Å². The Morgan fingerprint density at radius 2 is 2.29 bits per heavy atom. The molecule has 0 amide bonds. The van der Waals surface area contributed by atoms with Crippen molar-refractivity contribution in [3.05, 3.63) is 24.5 Å². The van der Waals surface area contributed by atoms with Crippen molar-refractivity contribution in [3.63, 3.8) is 0 Å². The Morgan fingerprint density at radius 3 is 3.00 bits per heavy atom. The Balaban J connectivity index is 2.08. The first kappa shape index (κ1) is 11.9. The fourth-order valence-corrected chi connectivity index (χ4v) is 2.04. The molecule has 0 radical (unpaired) electrons. The molecule has 2 rings (SSSR count). The first-order chi connectivity index (χ1) is 8.29. The van der Waals surface area contributed by atoms with Gasteiger partial charge in [0.25, 0.3) is 0 Å². The fourth-order valence-electron chi connectivity index (χ4n) is 1.28. The van der Waals surface area contributed by atoms with Crippen LogP contribution in [0.15, 0.2) is 34.7 Å². The predicted molar refractivity (Wildman–Crippen MR) is 68.1 cm³/mol. The van der Waals surface area contributed by atoms with Crippen molar-refractivity contribution in [2.75, 3.05) is 11.9 Å². The summed E-state index contributed by atoms with van der Waals surface area (Å²) < 4.78 is 1.87. The molecule has 2 aromatic heterocycles. The molecule has 0 aliphatic carbocycles. The molecule has 0 spiro atoms. The second-order valence-electron chi connectivity index (χ2n) is 3.61. The van der Waals surface area contributed by atoms with Crippen LogP contribution in [0.25, 0.3) is 0 Å². The number of nitrogens with one attached hydrogen (secondary N) is 1. The van der Waals surface area contributed by atoms with Gasteiger partial charge in [0.05, 0.1) is 0 Å². The van der Waals surface area contributed by atoms with Gasteiger partial charge in [0, 0.05) is 13.6 Å². The molecule has 5 nitrogen and oxygen atoms in total. The quantitative estimate of drug-likeness (QED) is 0.880. The molecule has 2 heterocycles. The van der Waals surface area contributed by atoms with Gasteiger partial charge in [0.15, 0.2) is 5.16 Å². The van der Waals surface area contributed by atoms with Crippen LogP contribution in [0.2, 0.25) is 0 Å². The lowest BCUT2D eigenvalue weighted by Crippen LogP contribution is -2.01. The molecule has 0 aliphatic rings. The predicted octanol–water partition coefficient (Wildman–Crippen LogP) is 2.18. The lowest BCUT2D eigenvalue weighted by molar-refractivity contribution is 0.787. The van der Waals surface area contributed by atoms with E-state index in [1.54, 1.807) is 6.33 Å². The molecular weight excluding hydrogens is 234 g/mol. The third-order valence-electron chi connectivity index (χ3n) is 2.15. The summed E-state index contributed by atoms with van der Waals surface area (Å²) in [5, 5.41) is 12.9. The highest BCUT2D eigenvalue weighted by atomic mass is 32.2. The number of anilines is 1. The van der Waals surface area contributed by atoms with Crippen LogP contribution in [0.3, 0.4) is 0 Å². The van der Waals surface area contributed by atoms with E-state index in [-0.39, 0.29) is 0 Å². The van der Waals surface area contributed by atoms with Gasteiger partial charge >= 0.3 is 0 Å². The van der Waals surface area contributed by atoms with Crippen LogP contribution < -0.4 is 5.32 Å². The summed E-state index contributed by atoms with van der Waals surface area (Å²) in [5.41, 5.74) is 0. The van der Waals surface area contributed by atoms with Crippen molar-refractivity contribution in [1.82, 2.24) is 19.7 Å². The largest absolute Gasteiger partial charge is 0.370 e. The van der Waals surface area contributed by atoms with Crippen LogP contribution in [0.4, 0.5) is 5.82 Å². The fraction of sp³-hybridized carbons (Fsp3) is 0.364. The van der Waals surface area contributed by atoms with Crippen molar-refractivity contribution in [2.24, 2.45) is 7.05 Å². The average Bonchev–Trinajstić information content (AvgIpc) is 2.73. The molecule has 0 atom stereocenters. The minimum atomic E-state index is 0.838. The van der Waals surface area contributed by atoms with Gasteiger partial charge in [-0.15, -0.1) is 10.2 Å². The number of nitrogens with zero attached hydrogens (tertiary/aromatic N) is 4. The molecule has 0 saturated carbocycles. The van der Waals surface area contributed by atoms with E-state index in [2.05, 4.69) is 27.4 Å². The Bertz CT molecular complexity index is 482. The van der Waals surface area contributed by atoms with Gasteiger partial charge in [0.1, 0.15) is 17.2 Å². The number of rotatable bonds is 5. The molecule has 0 unspecified atom stereocenters. The van der Waals surface area contributed by atoms with Crippen LogP contribution in [0, 0.1) is 0 Å². The average molecular weight is 249 g/mol. The van der Waals surface area contributed by atoms with E-state index in [1.807, 2.05) is 29.8 Å². The zero-order chi connectivity index (χ0) is 12.1. The number of pyridine rings is 1. The summed E-state index contributed by atoms with van der Waals surface area (Å²) in [6.45, 7) is 3.07. The SMILES string of the molecule is CCCNc1cccc(Sc2nncn2C)n1. The summed E-state index contributed by atoms with van der Waals surface area (Å²) in [6, 6.07) is 5.93. The van der Waals surface area contributed by atoms with E-state index in [1.165, 1.54) is 11.8 Å². The van der Waals surface area contributed by atoms with Crippen molar-refractivity contribution in [1.29, 1.82) is 0 Å². The molecule has 0 aliphatic heterocycles. The Hall–Kier alpha value is -1.56. The first-order valence-electron chi connectivity index (χ1n) is 5.52. The lowest BCUT2D eigenvalue weighted by atomic mass is 10.4. The molecular formula is C11H15N5S. The number of aryl methyl sites for hydroxylation is 1. The van der Waals surface area contributed by atoms with Crippen LogP contribution in [-0.2, 0) is 7.05 Å². The maximum Gasteiger partial charge on any atom is 0.197 e. The van der Waals surface area contributed by atoms with Crippen LogP contribution >= 0.6 is 11.8 Å². The molecule has 2 aromatic rings. The van der Waals surface area contributed by atoms with Gasteiger partial charge in [-0.1, -0.05) is 13.0 Å². The molecule has 0 saturated heterocycles. The van der Waals surface area contributed by atoms with Crippen molar-refractivity contribution in [3.8, 4) is 0 Å². The van der Waals surface area contributed by atoms with Gasteiger partial charge in [0.2, 0.25) is 0 Å². The second kappa shape index (κ2) is 5.67. The first-order valence-corrected chi connectivity index (χ1v) is 6.34. The molecule has 90 valence electrons. The monoisotopic (exact) mass is 249 g/mol. The maximum atomic E-state index is 4.50. The topological polar surface area (TPSA) is 55.6 Å². The van der Waals surface area contributed by atoms with E-state index in [4.69, 9.17) is 0 Å². The van der Waals surface area contributed by atoms with Crippen LogP contribution in [0.1, 0.15) is 13.3 Å². The van der Waals surface area contributed by atoms with Gasteiger partial charge in [-0.2, -0.15) is 0 Å². The minimum Gasteiger partial charge on any atom is -0.370 e. The highest BCUT2D eigenvalue weighted by molar-refractivity contribution is 7.99. The lowest BCUT2D eigenvalue weighted by Gasteiger charge is -2.05. The zero-order valence-electron chi connectivity index (χ0n) is 9.92. The van der Waals surface area contributed by atoms with Gasteiger partial charge in [-0.25, -0.2) is 4.98 Å². The highest BCUT2D eigenvalue weighted by Crippen LogP contribution is 2.24. The highest BCUT2D eigenvalue weighted by Gasteiger charge is 2.05. The van der Waals surface area contributed by atoms with E-state index >= 15 is 0 Å². The van der Waals surface area contributed by atoms with E-state index in [0.717, 1.165) is 29.0 Å². The summed E-state index contributed by atoms with van der Waals surface area (Å²) in [7, 11) is 1.92. The summed E-state index contributed by atoms with van der Waals surface area (Å²) >= 11 is 1.51. The molecule has 1 N–H and O–H groups in total. The Labute approximate surface area is 105 Å². The van der Waals surface area contributed by atoms with Gasteiger partial charge in [-0.3, -0.25) is 0 Å². The second-order valence-corrected chi connectivity index (χ2v) is 4.60. The Kier molecular flexibility index (Phi) is 3.98. The molecule has 0 aromatic carbocycles. The van der Waals surface area contributed by atoms with Crippen molar-refractivity contribution < 1.29 is 0 Å². The smallest absolute Gasteiger partial charge is 0.197 e. The number of hydrogen-bond donors (Lipinski definition) is 1. The standard InChI is InChI=1S/C11H15N5S/c1-3-7-12-9-5-4-6-10(14-9)17-11-15-13-8-16(11)2/h4-6,8H,3,7H2,1-2H3,(H,12,14). The third-order valence-corrected chi connectivity index (χ3v) is 3.13. The molecule has 0 bridgehead atoms. The minimum absolute atomic E-state index is 0.838.